The highest BCUT2D eigenvalue weighted by molar-refractivity contribution is 7.32. The maximum atomic E-state index is 2.45. The number of thiophene rings is 4. The van der Waals surface area contributed by atoms with Crippen LogP contribution >= 0.6 is 45.3 Å². The third kappa shape index (κ3) is 6.03. The van der Waals surface area contributed by atoms with E-state index >= 15 is 0 Å². The molecule has 14 rings (SSSR count). The van der Waals surface area contributed by atoms with Crippen LogP contribution in [0.3, 0.4) is 0 Å². The molecule has 0 aliphatic carbocycles. The molecule has 0 aliphatic heterocycles. The zero-order valence-corrected chi connectivity index (χ0v) is 38.6. The summed E-state index contributed by atoms with van der Waals surface area (Å²) in [6.07, 6.45) is 0. The molecule has 0 bridgehead atoms. The van der Waals surface area contributed by atoms with Crippen LogP contribution in [0.5, 0.6) is 0 Å². The molecule has 66 heavy (non-hydrogen) atoms. The van der Waals surface area contributed by atoms with E-state index in [0.29, 0.717) is 0 Å². The van der Waals surface area contributed by atoms with Crippen molar-refractivity contribution in [3.63, 3.8) is 0 Å². The fraction of sp³-hybridized carbons (Fsp3) is 0. The van der Waals surface area contributed by atoms with E-state index < -0.39 is 0 Å². The Hall–Kier alpha value is -7.32. The molecule has 4 aromatic heterocycles. The first-order chi connectivity index (χ1) is 32.7. The van der Waals surface area contributed by atoms with Crippen LogP contribution in [0.25, 0.3) is 93.5 Å². The minimum atomic E-state index is 1.16. The molecular weight excluding hydrogens is 877 g/mol. The molecular formula is C60H36N2S4. The SMILES string of the molecule is c1ccc(N(c2cc3sc(-c4cc5cccc6c(-c7cc8sc(N(c9ccccc9)c9cccc%10ccccc9%10)cc8s7)cc7cccc4c7c56)cc3s2)c2cccc3ccccc23)cc1. The Balaban J connectivity index is 0.861. The molecule has 0 saturated carbocycles. The van der Waals surface area contributed by atoms with Gasteiger partial charge in [-0.05, 0) is 116 Å². The zero-order valence-electron chi connectivity index (χ0n) is 35.3. The average Bonchev–Trinajstić information content (AvgIpc) is 4.16. The minimum Gasteiger partial charge on any atom is -0.301 e. The van der Waals surface area contributed by atoms with Crippen molar-refractivity contribution in [3.05, 3.63) is 218 Å². The lowest BCUT2D eigenvalue weighted by Crippen LogP contribution is -2.08. The first-order valence-corrected chi connectivity index (χ1v) is 25.4. The Kier molecular flexibility index (Phi) is 8.71. The maximum Gasteiger partial charge on any atom is 0.102 e. The molecule has 6 heteroatoms. The molecule has 10 aromatic carbocycles. The summed E-state index contributed by atoms with van der Waals surface area (Å²) in [6, 6.07) is 80.5. The summed E-state index contributed by atoms with van der Waals surface area (Å²) in [4.78, 5) is 7.47. The molecule has 0 fully saturated rings. The van der Waals surface area contributed by atoms with Gasteiger partial charge in [-0.25, -0.2) is 0 Å². The van der Waals surface area contributed by atoms with Gasteiger partial charge in [-0.15, -0.1) is 45.3 Å². The Morgan fingerprint density at radius 1 is 0.273 bits per heavy atom. The van der Waals surface area contributed by atoms with E-state index in [1.807, 2.05) is 45.3 Å². The molecule has 4 heterocycles. The lowest BCUT2D eigenvalue weighted by atomic mass is 9.88. The van der Waals surface area contributed by atoms with Gasteiger partial charge in [0.05, 0.1) is 11.4 Å². The van der Waals surface area contributed by atoms with Gasteiger partial charge >= 0.3 is 0 Å². The normalized spacial score (nSPS) is 11.9. The number of nitrogens with zero attached hydrogens (tertiary/aromatic N) is 2. The number of rotatable bonds is 8. The second kappa shape index (κ2) is 15.1. The number of benzene rings is 10. The van der Waals surface area contributed by atoms with Crippen molar-refractivity contribution >= 4 is 151 Å². The van der Waals surface area contributed by atoms with Crippen molar-refractivity contribution in [2.24, 2.45) is 0 Å². The molecule has 0 saturated heterocycles. The largest absolute Gasteiger partial charge is 0.301 e. The smallest absolute Gasteiger partial charge is 0.102 e. The monoisotopic (exact) mass is 912 g/mol. The zero-order chi connectivity index (χ0) is 43.3. The van der Waals surface area contributed by atoms with Crippen molar-refractivity contribution in [1.29, 1.82) is 0 Å². The highest BCUT2D eigenvalue weighted by Crippen LogP contribution is 2.52. The molecule has 2 nitrogen and oxygen atoms in total. The lowest BCUT2D eigenvalue weighted by Gasteiger charge is -2.25. The Morgan fingerprint density at radius 3 is 1.09 bits per heavy atom. The molecule has 0 N–H and O–H groups in total. The predicted molar refractivity (Wildman–Crippen MR) is 292 cm³/mol. The van der Waals surface area contributed by atoms with Crippen LogP contribution in [0, 0.1) is 0 Å². The summed E-state index contributed by atoms with van der Waals surface area (Å²) in [5, 5.41) is 15.3. The fourth-order valence-corrected chi connectivity index (χ4v) is 15.0. The molecule has 0 unspecified atom stereocenters. The number of anilines is 6. The van der Waals surface area contributed by atoms with E-state index in [0.717, 1.165) is 11.4 Å². The summed E-state index contributed by atoms with van der Waals surface area (Å²) >= 11 is 7.55. The summed E-state index contributed by atoms with van der Waals surface area (Å²) in [5.41, 5.74) is 7.31. The van der Waals surface area contributed by atoms with Gasteiger partial charge in [0.2, 0.25) is 0 Å². The highest BCUT2D eigenvalue weighted by atomic mass is 32.1. The minimum absolute atomic E-state index is 1.16. The lowest BCUT2D eigenvalue weighted by molar-refractivity contribution is 1.33. The van der Waals surface area contributed by atoms with Gasteiger partial charge in [-0.2, -0.15) is 0 Å². The molecule has 0 amide bonds. The number of para-hydroxylation sites is 2. The van der Waals surface area contributed by atoms with Crippen LogP contribution in [0.4, 0.5) is 32.8 Å². The highest BCUT2D eigenvalue weighted by Gasteiger charge is 2.23. The van der Waals surface area contributed by atoms with Crippen LogP contribution < -0.4 is 9.80 Å². The van der Waals surface area contributed by atoms with E-state index in [2.05, 4.69) is 228 Å². The van der Waals surface area contributed by atoms with Crippen LogP contribution in [0.15, 0.2) is 218 Å². The van der Waals surface area contributed by atoms with Gasteiger partial charge < -0.3 is 9.80 Å². The third-order valence-corrected chi connectivity index (χ3v) is 17.7. The third-order valence-electron chi connectivity index (χ3n) is 13.0. The van der Waals surface area contributed by atoms with Gasteiger partial charge in [-0.3, -0.25) is 0 Å². The number of hydrogen-bond acceptors (Lipinski definition) is 6. The Bertz CT molecular complexity index is 3800. The second-order valence-corrected chi connectivity index (χ2v) is 21.1. The summed E-state index contributed by atoms with van der Waals surface area (Å²) in [5.74, 6) is 0. The quantitative estimate of drug-likeness (QED) is 0.140. The Labute approximate surface area is 397 Å². The standard InChI is InChI=1S/C60H36N2S4/c1-3-21-41(22-4-1)61(49-29-13-17-37-15-7-9-25-43(37)49)57-35-55-53(65-57)33-51(63-55)47-31-39-19-12-28-46-48(32-40-20-11-27-45(47)59(40)60(39)46)52-34-54-56(64-52)36-58(66-54)62(42-23-5-2-6-24-42)50-30-14-18-38-16-8-10-26-44(38)50/h1-36H. The Morgan fingerprint density at radius 2 is 0.636 bits per heavy atom. The van der Waals surface area contributed by atoms with Gasteiger partial charge in [0.1, 0.15) is 10.0 Å². The van der Waals surface area contributed by atoms with Gasteiger partial charge in [0, 0.05) is 61.8 Å². The van der Waals surface area contributed by atoms with E-state index in [4.69, 9.17) is 0 Å². The van der Waals surface area contributed by atoms with Gasteiger partial charge in [0.15, 0.2) is 0 Å². The van der Waals surface area contributed by atoms with E-state index in [-0.39, 0.29) is 0 Å². The van der Waals surface area contributed by atoms with Crippen LogP contribution in [-0.2, 0) is 0 Å². The van der Waals surface area contributed by atoms with E-state index in [1.165, 1.54) is 115 Å². The molecule has 0 atom stereocenters. The molecule has 0 radical (unpaired) electrons. The molecule has 0 spiro atoms. The van der Waals surface area contributed by atoms with Crippen molar-refractivity contribution in [3.8, 4) is 20.9 Å². The van der Waals surface area contributed by atoms with Crippen LogP contribution in [0.1, 0.15) is 0 Å². The first kappa shape index (κ1) is 38.0. The number of fused-ring (bicyclic) bond motifs is 4. The van der Waals surface area contributed by atoms with Crippen molar-refractivity contribution in [2.75, 3.05) is 9.80 Å². The van der Waals surface area contributed by atoms with Crippen LogP contribution in [0.2, 0.25) is 0 Å². The van der Waals surface area contributed by atoms with Gasteiger partial charge in [0.25, 0.3) is 0 Å². The molecule has 0 aliphatic rings. The second-order valence-electron chi connectivity index (χ2n) is 16.8. The van der Waals surface area contributed by atoms with Crippen LogP contribution in [-0.4, -0.2) is 0 Å². The summed E-state index contributed by atoms with van der Waals surface area (Å²) < 4.78 is 5.23. The first-order valence-electron chi connectivity index (χ1n) is 22.1. The summed E-state index contributed by atoms with van der Waals surface area (Å²) in [7, 11) is 0. The molecule has 14 aromatic rings. The van der Waals surface area contributed by atoms with E-state index in [1.54, 1.807) is 0 Å². The maximum absolute atomic E-state index is 2.45. The summed E-state index contributed by atoms with van der Waals surface area (Å²) in [6.45, 7) is 0. The average molecular weight is 913 g/mol. The topological polar surface area (TPSA) is 6.48 Å². The van der Waals surface area contributed by atoms with Crippen molar-refractivity contribution in [1.82, 2.24) is 0 Å². The van der Waals surface area contributed by atoms with Gasteiger partial charge in [-0.1, -0.05) is 146 Å². The number of hydrogen-bond donors (Lipinski definition) is 0. The van der Waals surface area contributed by atoms with E-state index in [9.17, 15) is 0 Å². The predicted octanol–water partition coefficient (Wildman–Crippen LogP) is 19.7. The van der Waals surface area contributed by atoms with Crippen molar-refractivity contribution < 1.29 is 0 Å². The molecule has 310 valence electrons. The van der Waals surface area contributed by atoms with Crippen molar-refractivity contribution in [2.45, 2.75) is 0 Å². The fourth-order valence-electron chi connectivity index (χ4n) is 10.1.